The van der Waals surface area contributed by atoms with Crippen molar-refractivity contribution in [1.29, 1.82) is 0 Å². The SMILES string of the molecule is CC1(C)OB(c2c(Cl)cccc2[N+](=O)[O-])OC1(C)C. The molecule has 0 N–H and O–H groups in total. The van der Waals surface area contributed by atoms with E-state index >= 15 is 0 Å². The third kappa shape index (κ3) is 2.36. The molecule has 0 aromatic heterocycles. The molecule has 1 aromatic carbocycles. The van der Waals surface area contributed by atoms with Crippen molar-refractivity contribution in [3.05, 3.63) is 33.3 Å². The fraction of sp³-hybridized carbons (Fsp3) is 0.500. The Bertz CT molecular complexity index is 516. The predicted octanol–water partition coefficient (Wildman–Crippen LogP) is 2.55. The van der Waals surface area contributed by atoms with Crippen LogP contribution in [0.15, 0.2) is 18.2 Å². The van der Waals surface area contributed by atoms with Crippen LogP contribution in [0.2, 0.25) is 5.02 Å². The molecule has 0 unspecified atom stereocenters. The van der Waals surface area contributed by atoms with Crippen LogP contribution in [0.4, 0.5) is 5.69 Å². The van der Waals surface area contributed by atoms with Crippen molar-refractivity contribution in [1.82, 2.24) is 0 Å². The molecule has 1 aliphatic heterocycles. The highest BCUT2D eigenvalue weighted by atomic mass is 35.5. The molecule has 2 rings (SSSR count). The average Bonchev–Trinajstić information content (AvgIpc) is 2.47. The van der Waals surface area contributed by atoms with E-state index in [0.717, 1.165) is 0 Å². The summed E-state index contributed by atoms with van der Waals surface area (Å²) < 4.78 is 11.6. The van der Waals surface area contributed by atoms with Crippen LogP contribution in [-0.4, -0.2) is 23.2 Å². The quantitative estimate of drug-likeness (QED) is 0.475. The highest BCUT2D eigenvalue weighted by molar-refractivity contribution is 6.67. The van der Waals surface area contributed by atoms with Gasteiger partial charge in [0.1, 0.15) is 0 Å². The second kappa shape index (κ2) is 4.47. The molecule has 0 atom stereocenters. The molecule has 1 aliphatic rings. The van der Waals surface area contributed by atoms with Crippen molar-refractivity contribution in [2.45, 2.75) is 38.9 Å². The van der Waals surface area contributed by atoms with E-state index in [0.29, 0.717) is 0 Å². The van der Waals surface area contributed by atoms with Crippen molar-refractivity contribution in [2.24, 2.45) is 0 Å². The second-order valence-electron chi connectivity index (χ2n) is 5.52. The number of hydrogen-bond donors (Lipinski definition) is 0. The third-order valence-corrected chi connectivity index (χ3v) is 4.05. The Labute approximate surface area is 117 Å². The zero-order chi connectivity index (χ0) is 14.4. The van der Waals surface area contributed by atoms with E-state index in [1.807, 2.05) is 27.7 Å². The molecule has 19 heavy (non-hydrogen) atoms. The molecule has 1 aromatic rings. The summed E-state index contributed by atoms with van der Waals surface area (Å²) in [5.41, 5.74) is -0.950. The molecule has 1 heterocycles. The fourth-order valence-electron chi connectivity index (χ4n) is 1.88. The summed E-state index contributed by atoms with van der Waals surface area (Å²) in [4.78, 5) is 10.6. The first-order valence-corrected chi connectivity index (χ1v) is 6.32. The van der Waals surface area contributed by atoms with Crippen LogP contribution in [0.5, 0.6) is 0 Å². The van der Waals surface area contributed by atoms with E-state index in [9.17, 15) is 10.1 Å². The first-order valence-electron chi connectivity index (χ1n) is 5.94. The highest BCUT2D eigenvalue weighted by Crippen LogP contribution is 2.37. The predicted molar refractivity (Wildman–Crippen MR) is 73.8 cm³/mol. The molecular weight excluding hydrogens is 268 g/mol. The number of halogens is 1. The van der Waals surface area contributed by atoms with Gasteiger partial charge in [-0.25, -0.2) is 0 Å². The smallest absolute Gasteiger partial charge is 0.399 e. The molecule has 5 nitrogen and oxygen atoms in total. The maximum absolute atomic E-state index is 11.1. The maximum atomic E-state index is 11.1. The normalized spacial score (nSPS) is 20.6. The molecule has 102 valence electrons. The van der Waals surface area contributed by atoms with E-state index in [1.165, 1.54) is 12.1 Å². The van der Waals surface area contributed by atoms with Crippen molar-refractivity contribution in [3.8, 4) is 0 Å². The lowest BCUT2D eigenvalue weighted by atomic mass is 9.78. The van der Waals surface area contributed by atoms with Gasteiger partial charge in [0, 0.05) is 11.1 Å². The van der Waals surface area contributed by atoms with Crippen LogP contribution < -0.4 is 5.46 Å². The number of rotatable bonds is 2. The van der Waals surface area contributed by atoms with Crippen LogP contribution in [0.1, 0.15) is 27.7 Å². The van der Waals surface area contributed by atoms with E-state index in [4.69, 9.17) is 20.9 Å². The molecule has 0 bridgehead atoms. The minimum absolute atomic E-state index is 0.0917. The van der Waals surface area contributed by atoms with Gasteiger partial charge < -0.3 is 9.31 Å². The van der Waals surface area contributed by atoms with Gasteiger partial charge in [-0.05, 0) is 33.8 Å². The second-order valence-corrected chi connectivity index (χ2v) is 5.93. The van der Waals surface area contributed by atoms with Gasteiger partial charge in [0.05, 0.1) is 21.6 Å². The zero-order valence-electron chi connectivity index (χ0n) is 11.3. The zero-order valence-corrected chi connectivity index (χ0v) is 12.0. The first kappa shape index (κ1) is 14.3. The maximum Gasteiger partial charge on any atom is 0.503 e. The molecule has 0 radical (unpaired) electrons. The molecule has 0 aliphatic carbocycles. The number of nitrogens with zero attached hydrogens (tertiary/aromatic N) is 1. The van der Waals surface area contributed by atoms with Gasteiger partial charge in [0.25, 0.3) is 5.69 Å². The van der Waals surface area contributed by atoms with Gasteiger partial charge >= 0.3 is 7.12 Å². The summed E-state index contributed by atoms with van der Waals surface area (Å²) in [6.45, 7) is 7.54. The number of hydrogen-bond acceptors (Lipinski definition) is 4. The Balaban J connectivity index is 2.48. The minimum atomic E-state index is -0.834. The number of nitro benzene ring substituents is 1. The van der Waals surface area contributed by atoms with Crippen LogP contribution in [0.25, 0.3) is 0 Å². The summed E-state index contributed by atoms with van der Waals surface area (Å²) in [5, 5.41) is 11.4. The number of benzene rings is 1. The van der Waals surface area contributed by atoms with E-state index in [1.54, 1.807) is 6.07 Å². The molecule has 0 saturated carbocycles. The van der Waals surface area contributed by atoms with E-state index in [-0.39, 0.29) is 16.2 Å². The van der Waals surface area contributed by atoms with Crippen molar-refractivity contribution >= 4 is 29.9 Å². The molecule has 7 heteroatoms. The van der Waals surface area contributed by atoms with Crippen LogP contribution in [0, 0.1) is 10.1 Å². The van der Waals surface area contributed by atoms with E-state index in [2.05, 4.69) is 0 Å². The largest absolute Gasteiger partial charge is 0.503 e. The van der Waals surface area contributed by atoms with Gasteiger partial charge in [0.2, 0.25) is 0 Å². The van der Waals surface area contributed by atoms with E-state index < -0.39 is 23.2 Å². The molecule has 1 saturated heterocycles. The summed E-state index contributed by atoms with van der Waals surface area (Å²) >= 11 is 6.08. The Kier molecular flexibility index (Phi) is 3.37. The highest BCUT2D eigenvalue weighted by Gasteiger charge is 2.53. The van der Waals surface area contributed by atoms with Gasteiger partial charge in [-0.3, -0.25) is 10.1 Å². The molecular formula is C12H15BClNO4. The standard InChI is InChI=1S/C12H15BClNO4/c1-11(2)12(3,4)19-13(18-11)10-8(14)6-5-7-9(10)15(16)17/h5-7H,1-4H3. The Morgan fingerprint density at radius 1 is 1.21 bits per heavy atom. The molecule has 1 fully saturated rings. The minimum Gasteiger partial charge on any atom is -0.399 e. The third-order valence-electron chi connectivity index (χ3n) is 3.72. The van der Waals surface area contributed by atoms with Gasteiger partial charge in [0.15, 0.2) is 0 Å². The van der Waals surface area contributed by atoms with Gasteiger partial charge in [-0.15, -0.1) is 0 Å². The van der Waals surface area contributed by atoms with Crippen LogP contribution >= 0.6 is 11.6 Å². The van der Waals surface area contributed by atoms with Crippen molar-refractivity contribution in [3.63, 3.8) is 0 Å². The summed E-state index contributed by atoms with van der Waals surface area (Å²) in [5.74, 6) is 0. The summed E-state index contributed by atoms with van der Waals surface area (Å²) in [7, 11) is -0.834. The summed E-state index contributed by atoms with van der Waals surface area (Å²) in [6.07, 6.45) is 0. The topological polar surface area (TPSA) is 61.6 Å². The van der Waals surface area contributed by atoms with Gasteiger partial charge in [-0.2, -0.15) is 0 Å². The lowest BCUT2D eigenvalue weighted by molar-refractivity contribution is -0.383. The summed E-state index contributed by atoms with van der Waals surface area (Å²) in [6, 6.07) is 4.52. The Morgan fingerprint density at radius 3 is 2.21 bits per heavy atom. The fourth-order valence-corrected chi connectivity index (χ4v) is 2.14. The first-order chi connectivity index (χ1) is 8.66. The van der Waals surface area contributed by atoms with Crippen molar-refractivity contribution < 1.29 is 14.2 Å². The Morgan fingerprint density at radius 2 is 1.74 bits per heavy atom. The lowest BCUT2D eigenvalue weighted by Gasteiger charge is -2.32. The van der Waals surface area contributed by atoms with Crippen LogP contribution in [0.3, 0.4) is 0 Å². The lowest BCUT2D eigenvalue weighted by Crippen LogP contribution is -2.41. The number of nitro groups is 1. The monoisotopic (exact) mass is 283 g/mol. The molecule has 0 amide bonds. The molecule has 0 spiro atoms. The van der Waals surface area contributed by atoms with Gasteiger partial charge in [-0.1, -0.05) is 17.7 Å². The Hall–Kier alpha value is -1.11. The average molecular weight is 284 g/mol. The van der Waals surface area contributed by atoms with Crippen molar-refractivity contribution in [2.75, 3.05) is 0 Å². The van der Waals surface area contributed by atoms with Crippen LogP contribution in [-0.2, 0) is 9.31 Å².